The summed E-state index contributed by atoms with van der Waals surface area (Å²) in [5.74, 6) is 0. The molecule has 0 bridgehead atoms. The predicted octanol–water partition coefficient (Wildman–Crippen LogP) is 2.42. The molecule has 55 valence electrons. The lowest BCUT2D eigenvalue weighted by Crippen LogP contribution is -2.07. The maximum atomic E-state index is 5.32. The Bertz CT molecular complexity index is 52.5. The second-order valence-corrected chi connectivity index (χ2v) is 2.25. The van der Waals surface area contributed by atoms with E-state index in [1.54, 1.807) is 0 Å². The SMILES string of the molecule is [CH2]C(CC)OCCCC. The standard InChI is InChI=1S/C8H17O/c1-4-6-7-9-8(3)5-2/h8H,3-7H2,1-2H3. The molecule has 0 saturated carbocycles. The molecule has 1 radical (unpaired) electrons. The van der Waals surface area contributed by atoms with Gasteiger partial charge in [-0.1, -0.05) is 20.3 Å². The van der Waals surface area contributed by atoms with Crippen LogP contribution in [0.25, 0.3) is 0 Å². The van der Waals surface area contributed by atoms with E-state index in [1.165, 1.54) is 6.42 Å². The lowest BCUT2D eigenvalue weighted by Gasteiger charge is -2.08. The average Bonchev–Trinajstić information content (AvgIpc) is 1.89. The van der Waals surface area contributed by atoms with E-state index in [1.807, 2.05) is 0 Å². The van der Waals surface area contributed by atoms with Gasteiger partial charge in [0, 0.05) is 6.61 Å². The fourth-order valence-electron chi connectivity index (χ4n) is 0.512. The Kier molecular flexibility index (Phi) is 6.06. The molecule has 0 amide bonds. The van der Waals surface area contributed by atoms with Crippen LogP contribution in [-0.4, -0.2) is 12.7 Å². The molecule has 0 fully saturated rings. The molecular weight excluding hydrogens is 112 g/mol. The van der Waals surface area contributed by atoms with Gasteiger partial charge in [0.2, 0.25) is 0 Å². The molecule has 0 aliphatic carbocycles. The van der Waals surface area contributed by atoms with Crippen LogP contribution >= 0.6 is 0 Å². The summed E-state index contributed by atoms with van der Waals surface area (Å²) >= 11 is 0. The van der Waals surface area contributed by atoms with Crippen molar-refractivity contribution in [1.82, 2.24) is 0 Å². The van der Waals surface area contributed by atoms with Crippen molar-refractivity contribution in [2.75, 3.05) is 6.61 Å². The van der Waals surface area contributed by atoms with Crippen molar-refractivity contribution >= 4 is 0 Å². The zero-order valence-corrected chi connectivity index (χ0v) is 6.52. The van der Waals surface area contributed by atoms with Crippen molar-refractivity contribution in [3.8, 4) is 0 Å². The highest BCUT2D eigenvalue weighted by Gasteiger charge is 1.95. The Morgan fingerprint density at radius 3 is 2.56 bits per heavy atom. The Morgan fingerprint density at radius 2 is 2.11 bits per heavy atom. The second kappa shape index (κ2) is 6.09. The summed E-state index contributed by atoms with van der Waals surface area (Å²) in [7, 11) is 0. The van der Waals surface area contributed by atoms with Crippen LogP contribution in [0.2, 0.25) is 0 Å². The summed E-state index contributed by atoms with van der Waals surface area (Å²) in [5, 5.41) is 0. The third-order valence-corrected chi connectivity index (χ3v) is 1.31. The zero-order valence-electron chi connectivity index (χ0n) is 6.52. The van der Waals surface area contributed by atoms with Crippen molar-refractivity contribution in [1.29, 1.82) is 0 Å². The topological polar surface area (TPSA) is 9.23 Å². The van der Waals surface area contributed by atoms with Crippen molar-refractivity contribution in [3.05, 3.63) is 6.92 Å². The van der Waals surface area contributed by atoms with E-state index in [9.17, 15) is 0 Å². The van der Waals surface area contributed by atoms with Gasteiger partial charge in [0.1, 0.15) is 0 Å². The molecule has 0 N–H and O–H groups in total. The summed E-state index contributed by atoms with van der Waals surface area (Å²) in [6, 6.07) is 0. The summed E-state index contributed by atoms with van der Waals surface area (Å²) in [5.41, 5.74) is 0. The fraction of sp³-hybridized carbons (Fsp3) is 0.875. The van der Waals surface area contributed by atoms with Crippen LogP contribution < -0.4 is 0 Å². The minimum absolute atomic E-state index is 0.205. The number of rotatable bonds is 5. The van der Waals surface area contributed by atoms with Gasteiger partial charge in [-0.3, -0.25) is 0 Å². The monoisotopic (exact) mass is 129 g/mol. The lowest BCUT2D eigenvalue weighted by atomic mass is 10.3. The molecule has 0 spiro atoms. The van der Waals surface area contributed by atoms with Crippen LogP contribution in [0.3, 0.4) is 0 Å². The highest BCUT2D eigenvalue weighted by Crippen LogP contribution is 1.97. The molecule has 0 aromatic carbocycles. The molecule has 9 heavy (non-hydrogen) atoms. The summed E-state index contributed by atoms with van der Waals surface area (Å²) in [6.45, 7) is 8.93. The van der Waals surface area contributed by atoms with Gasteiger partial charge in [0.15, 0.2) is 0 Å². The molecule has 0 rings (SSSR count). The third-order valence-electron chi connectivity index (χ3n) is 1.31. The highest BCUT2D eigenvalue weighted by atomic mass is 16.5. The van der Waals surface area contributed by atoms with Crippen LogP contribution in [0.15, 0.2) is 0 Å². The summed E-state index contributed by atoms with van der Waals surface area (Å²) in [4.78, 5) is 0. The van der Waals surface area contributed by atoms with Gasteiger partial charge in [-0.05, 0) is 19.8 Å². The molecule has 0 aliphatic rings. The molecule has 1 heteroatoms. The molecule has 0 aromatic heterocycles. The Morgan fingerprint density at radius 1 is 1.44 bits per heavy atom. The van der Waals surface area contributed by atoms with Crippen molar-refractivity contribution in [3.63, 3.8) is 0 Å². The van der Waals surface area contributed by atoms with Gasteiger partial charge in [-0.15, -0.1) is 0 Å². The predicted molar refractivity (Wildman–Crippen MR) is 40.3 cm³/mol. The van der Waals surface area contributed by atoms with Crippen LogP contribution in [-0.2, 0) is 4.74 Å². The maximum absolute atomic E-state index is 5.32. The number of unbranched alkanes of at least 4 members (excludes halogenated alkanes) is 1. The van der Waals surface area contributed by atoms with Gasteiger partial charge in [0.25, 0.3) is 0 Å². The average molecular weight is 129 g/mol. The van der Waals surface area contributed by atoms with Gasteiger partial charge >= 0.3 is 0 Å². The quantitative estimate of drug-likeness (QED) is 0.518. The largest absolute Gasteiger partial charge is 0.378 e. The second-order valence-electron chi connectivity index (χ2n) is 2.25. The minimum atomic E-state index is 0.205. The van der Waals surface area contributed by atoms with Gasteiger partial charge in [-0.2, -0.15) is 0 Å². The first-order valence-electron chi connectivity index (χ1n) is 3.76. The van der Waals surface area contributed by atoms with Gasteiger partial charge < -0.3 is 4.74 Å². The van der Waals surface area contributed by atoms with E-state index in [0.717, 1.165) is 19.4 Å². The van der Waals surface area contributed by atoms with Crippen LogP contribution in [0.1, 0.15) is 33.1 Å². The summed E-state index contributed by atoms with van der Waals surface area (Å²) < 4.78 is 5.32. The van der Waals surface area contributed by atoms with E-state index >= 15 is 0 Å². The Balaban J connectivity index is 2.88. The first-order valence-corrected chi connectivity index (χ1v) is 3.76. The molecule has 1 nitrogen and oxygen atoms in total. The van der Waals surface area contributed by atoms with Crippen LogP contribution in [0.5, 0.6) is 0 Å². The lowest BCUT2D eigenvalue weighted by molar-refractivity contribution is 0.0787. The third kappa shape index (κ3) is 5.84. The van der Waals surface area contributed by atoms with E-state index in [0.29, 0.717) is 0 Å². The van der Waals surface area contributed by atoms with E-state index < -0.39 is 0 Å². The molecule has 0 aromatic rings. The normalized spacial score (nSPS) is 13.7. The van der Waals surface area contributed by atoms with E-state index in [-0.39, 0.29) is 6.10 Å². The Labute approximate surface area is 58.4 Å². The van der Waals surface area contributed by atoms with Crippen LogP contribution in [0.4, 0.5) is 0 Å². The summed E-state index contributed by atoms with van der Waals surface area (Å²) in [6.07, 6.45) is 3.59. The minimum Gasteiger partial charge on any atom is -0.378 e. The molecule has 0 saturated heterocycles. The fourth-order valence-corrected chi connectivity index (χ4v) is 0.512. The Hall–Kier alpha value is -0.0400. The number of ether oxygens (including phenoxy) is 1. The number of hydrogen-bond acceptors (Lipinski definition) is 1. The molecule has 1 atom stereocenters. The molecule has 1 unspecified atom stereocenters. The van der Waals surface area contributed by atoms with Crippen molar-refractivity contribution < 1.29 is 4.74 Å². The smallest absolute Gasteiger partial charge is 0.0573 e. The molecule has 0 heterocycles. The first kappa shape index (κ1) is 8.96. The highest BCUT2D eigenvalue weighted by molar-refractivity contribution is 4.55. The maximum Gasteiger partial charge on any atom is 0.0573 e. The zero-order chi connectivity index (χ0) is 7.11. The van der Waals surface area contributed by atoms with Crippen LogP contribution in [0, 0.1) is 6.92 Å². The van der Waals surface area contributed by atoms with Crippen molar-refractivity contribution in [2.24, 2.45) is 0 Å². The molecular formula is C8H17O. The molecule has 0 aliphatic heterocycles. The van der Waals surface area contributed by atoms with Gasteiger partial charge in [0.05, 0.1) is 6.10 Å². The first-order chi connectivity index (χ1) is 4.31. The van der Waals surface area contributed by atoms with E-state index in [2.05, 4.69) is 20.8 Å². The number of hydrogen-bond donors (Lipinski definition) is 0. The van der Waals surface area contributed by atoms with E-state index in [4.69, 9.17) is 4.74 Å². The van der Waals surface area contributed by atoms with Crippen molar-refractivity contribution in [2.45, 2.75) is 39.2 Å². The van der Waals surface area contributed by atoms with Gasteiger partial charge in [-0.25, -0.2) is 0 Å².